The molecule has 42 nitrogen and oxygen atoms in total. The molecule has 35 atom stereocenters. The van der Waals surface area contributed by atoms with Gasteiger partial charge < -0.3 is 190 Å². The number of nitrogens with one attached hydrogen (secondary N) is 3. The van der Waals surface area contributed by atoms with Gasteiger partial charge in [0, 0.05) is 27.2 Å². The summed E-state index contributed by atoms with van der Waals surface area (Å²) in [5.74, 6) is -7.70. The van der Waals surface area contributed by atoms with Gasteiger partial charge >= 0.3 is 5.97 Å². The number of amides is 3. The molecule has 26 N–H and O–H groups in total. The second kappa shape index (κ2) is 34.3. The fourth-order valence-corrected chi connectivity index (χ4v) is 11.3. The average Bonchev–Trinajstić information content (AvgIpc) is 0.788. The Balaban J connectivity index is 1.25. The van der Waals surface area contributed by atoms with E-state index in [0.29, 0.717) is 0 Å². The van der Waals surface area contributed by atoms with Gasteiger partial charge in [0.25, 0.3) is 5.79 Å². The molecule has 0 saturated carbocycles. The van der Waals surface area contributed by atoms with Crippen LogP contribution in [0.5, 0.6) is 0 Å². The second-order valence-electron chi connectivity index (χ2n) is 23.0. The number of carboxylic acids is 1. The molecule has 3 amide bonds. The molecule has 0 unspecified atom stereocenters. The number of rotatable bonds is 29. The Kier molecular flexibility index (Phi) is 29.0. The Morgan fingerprint density at radius 1 is 0.462 bits per heavy atom. The van der Waals surface area contributed by atoms with E-state index >= 15 is 0 Å². The zero-order chi connectivity index (χ0) is 69.4. The third kappa shape index (κ3) is 18.1. The summed E-state index contributed by atoms with van der Waals surface area (Å²) in [6.07, 6.45) is -65.7. The van der Waals surface area contributed by atoms with Crippen LogP contribution >= 0.6 is 0 Å². The number of aliphatic hydroxyl groups excluding tert-OH is 22. The van der Waals surface area contributed by atoms with Crippen LogP contribution in [-0.4, -0.2) is 408 Å². The number of hydrogen-bond acceptors (Lipinski definition) is 38. The van der Waals surface area contributed by atoms with Gasteiger partial charge in [-0.25, -0.2) is 4.79 Å². The first-order valence-corrected chi connectivity index (χ1v) is 29.2. The summed E-state index contributed by atoms with van der Waals surface area (Å²) in [6.45, 7) is -6.06. The summed E-state index contributed by atoms with van der Waals surface area (Å²) in [4.78, 5) is 50.3. The van der Waals surface area contributed by atoms with Crippen LogP contribution < -0.4 is 16.0 Å². The Morgan fingerprint density at radius 2 is 0.892 bits per heavy atom. The molecule has 0 aromatic carbocycles. The first-order chi connectivity index (χ1) is 43.7. The number of aliphatic carboxylic acids is 1. The highest BCUT2D eigenvalue weighted by atomic mass is 16.8. The van der Waals surface area contributed by atoms with Crippen molar-refractivity contribution in [3.8, 4) is 0 Å². The van der Waals surface area contributed by atoms with Crippen molar-refractivity contribution in [1.82, 2.24) is 16.0 Å². The zero-order valence-corrected chi connectivity index (χ0v) is 49.8. The molecule has 6 rings (SSSR count). The molecule has 0 aromatic rings. The summed E-state index contributed by atoms with van der Waals surface area (Å²) < 4.78 is 69.0. The predicted octanol–water partition coefficient (Wildman–Crippen LogP) is -17.0. The molecule has 6 fully saturated rings. The van der Waals surface area contributed by atoms with Crippen molar-refractivity contribution >= 4 is 23.7 Å². The number of carbonyl (C=O) groups is 4. The van der Waals surface area contributed by atoms with Gasteiger partial charge in [0.05, 0.1) is 65.0 Å². The van der Waals surface area contributed by atoms with E-state index in [1.54, 1.807) is 0 Å². The van der Waals surface area contributed by atoms with Crippen LogP contribution in [0.25, 0.3) is 0 Å². The van der Waals surface area contributed by atoms with Crippen LogP contribution in [0.1, 0.15) is 27.2 Å². The van der Waals surface area contributed by atoms with E-state index in [1.165, 1.54) is 0 Å². The van der Waals surface area contributed by atoms with Crippen molar-refractivity contribution in [2.24, 2.45) is 0 Å². The lowest BCUT2D eigenvalue weighted by molar-refractivity contribution is -0.377. The number of carbonyl (C=O) groups excluding carboxylic acids is 3. The topological polar surface area (TPSA) is 680 Å². The van der Waals surface area contributed by atoms with E-state index in [2.05, 4.69) is 16.0 Å². The summed E-state index contributed by atoms with van der Waals surface area (Å²) in [7, 11) is 0. The van der Waals surface area contributed by atoms with Crippen molar-refractivity contribution in [2.75, 3.05) is 52.9 Å². The zero-order valence-electron chi connectivity index (χ0n) is 49.8. The smallest absolute Gasteiger partial charge is 0.364 e. The highest BCUT2D eigenvalue weighted by Gasteiger charge is 2.60. The van der Waals surface area contributed by atoms with Crippen LogP contribution in [0.2, 0.25) is 0 Å². The van der Waals surface area contributed by atoms with Crippen LogP contribution in [0.4, 0.5) is 0 Å². The molecule has 0 aromatic heterocycles. The van der Waals surface area contributed by atoms with Gasteiger partial charge in [0.15, 0.2) is 31.5 Å². The molecular weight excluding hydrogens is 1280 g/mol. The van der Waals surface area contributed by atoms with Crippen molar-refractivity contribution < 1.29 is 193 Å². The normalized spacial score (nSPS) is 43.6. The average molecular weight is 1370 g/mol. The monoisotopic (exact) mass is 1370 g/mol. The molecule has 0 spiro atoms. The second-order valence-corrected chi connectivity index (χ2v) is 23.0. The first-order valence-electron chi connectivity index (χ1n) is 29.2. The highest BCUT2D eigenvalue weighted by Crippen LogP contribution is 2.38. The van der Waals surface area contributed by atoms with Crippen molar-refractivity contribution in [2.45, 2.75) is 241 Å². The minimum atomic E-state index is -3.03. The Labute approximate surface area is 526 Å². The van der Waals surface area contributed by atoms with Crippen molar-refractivity contribution in [1.29, 1.82) is 0 Å². The molecule has 0 aliphatic carbocycles. The first kappa shape index (κ1) is 78.5. The maximum Gasteiger partial charge on any atom is 0.364 e. The minimum Gasteiger partial charge on any atom is -0.477 e. The van der Waals surface area contributed by atoms with E-state index in [9.17, 15) is 137 Å². The summed E-state index contributed by atoms with van der Waals surface area (Å²) >= 11 is 0. The number of ether oxygens (including phenoxy) is 12. The summed E-state index contributed by atoms with van der Waals surface area (Å²) in [5, 5.41) is 254. The predicted molar refractivity (Wildman–Crippen MR) is 286 cm³/mol. The fourth-order valence-electron chi connectivity index (χ4n) is 11.3. The quantitative estimate of drug-likeness (QED) is 0.0331. The third-order valence-corrected chi connectivity index (χ3v) is 16.3. The standard InChI is InChI=1S/C51H87N3O39/c1-13(61)52-25-16(64)4-51(50(80)81,93-43(25)29(69)18(66)6-56)83-12-24-31(71)36(76)38(78)48(88-24)91-41-21(9-59)85-45(26(33(41)73)53-14(2)62)82-11-23-32(72)44(39(79)49(87-23)89-40(19(67)7-57)28(68)17(65)5-55)92-46-27(54-15(3)63)34(74)42(22(10-60)86-46)90-47-37(77)35(75)30(70)20(8-58)84-47/h16-49,55-60,64-79H,4-12H2,1-3H3,(H,52,61)(H,53,62)(H,54,63)(H,80,81)/t16-,17-,18+,19+,20+,21+,22+,23+,24+,25+,26+,27+,28+,29+,30-,31-,32-,33+,34+,35-,36-,37+,38+,39+,40+,41+,42+,43+,44-,45+,46-,47-,48-,49-,51+/m0/s1. The molecule has 540 valence electrons. The molecule has 93 heavy (non-hydrogen) atoms. The van der Waals surface area contributed by atoms with Gasteiger partial charge in [-0.15, -0.1) is 0 Å². The van der Waals surface area contributed by atoms with Crippen LogP contribution in [0, 0.1) is 0 Å². The number of hydrogen-bond donors (Lipinski definition) is 26. The van der Waals surface area contributed by atoms with Crippen LogP contribution in [0.3, 0.4) is 0 Å². The number of carboxylic acid groups (broad SMARTS) is 1. The molecular formula is C51H87N3O39. The summed E-state index contributed by atoms with van der Waals surface area (Å²) in [5.41, 5.74) is 0. The fraction of sp³-hybridized carbons (Fsp3) is 0.922. The van der Waals surface area contributed by atoms with Gasteiger partial charge in [-0.3, -0.25) is 14.4 Å². The van der Waals surface area contributed by atoms with E-state index in [1.807, 2.05) is 0 Å². The molecule has 0 bridgehead atoms. The van der Waals surface area contributed by atoms with Crippen molar-refractivity contribution in [3.63, 3.8) is 0 Å². The lowest BCUT2D eigenvalue weighted by atomic mass is 9.88. The largest absolute Gasteiger partial charge is 0.477 e. The van der Waals surface area contributed by atoms with E-state index in [4.69, 9.17) is 56.8 Å². The molecule has 6 aliphatic rings. The molecule has 42 heteroatoms. The lowest BCUT2D eigenvalue weighted by Crippen LogP contribution is -2.70. The van der Waals surface area contributed by atoms with Gasteiger partial charge in [-0.1, -0.05) is 0 Å². The Morgan fingerprint density at radius 3 is 1.38 bits per heavy atom. The Hall–Kier alpha value is -3.48. The molecule has 6 aliphatic heterocycles. The van der Waals surface area contributed by atoms with Gasteiger partial charge in [0.2, 0.25) is 17.7 Å². The highest BCUT2D eigenvalue weighted by molar-refractivity contribution is 5.77. The number of aliphatic hydroxyl groups is 22. The van der Waals surface area contributed by atoms with Gasteiger partial charge in [-0.2, -0.15) is 0 Å². The van der Waals surface area contributed by atoms with Crippen molar-refractivity contribution in [3.05, 3.63) is 0 Å². The minimum absolute atomic E-state index is 0.812. The lowest BCUT2D eigenvalue weighted by Gasteiger charge is -2.50. The third-order valence-electron chi connectivity index (χ3n) is 16.3. The Bertz CT molecular complexity index is 2360. The van der Waals surface area contributed by atoms with Crippen LogP contribution in [-0.2, 0) is 76.0 Å². The maximum absolute atomic E-state index is 12.8. The summed E-state index contributed by atoms with van der Waals surface area (Å²) in [6, 6.07) is -5.38. The van der Waals surface area contributed by atoms with Gasteiger partial charge in [-0.05, 0) is 0 Å². The van der Waals surface area contributed by atoms with E-state index < -0.39 is 297 Å². The van der Waals surface area contributed by atoms with Gasteiger partial charge in [0.1, 0.15) is 165 Å². The molecule has 6 heterocycles. The molecule has 6 saturated heterocycles. The van der Waals surface area contributed by atoms with Crippen LogP contribution in [0.15, 0.2) is 0 Å². The van der Waals surface area contributed by atoms with E-state index in [-0.39, 0.29) is 0 Å². The maximum atomic E-state index is 12.8. The SMILES string of the molecule is CC(=O)N[C@H]1[C@H](OC[C@H]2O[C@@H](O[C@@H]([C@H](O)[C@@H](O)CO)[C@H](O)CO)[C@H](O)[C@@H](O[C@@H]3O[C@H](CO)[C@@H](O[C@@H]4O[C@H](CO)[C@H](O)[C@H](O)[C@H]4O)[C@H](O)[C@H]3NC(C)=O)[C@H]2O)O[C@H](CO)[C@@H](O[C@@H]2O[C@H](CO[C@]3(C(=O)O)C[C@H](O)[C@@H](NC(C)=O)[C@H]([C@H](O)[C@H](O)CO)O3)[C@H](O)[C@H](O)[C@H]2O)[C@@H]1O. The van der Waals surface area contributed by atoms with E-state index in [0.717, 1.165) is 20.8 Å². The molecule has 0 radical (unpaired) electrons.